The van der Waals surface area contributed by atoms with Crippen molar-refractivity contribution in [3.63, 3.8) is 0 Å². The molecule has 2 aromatic rings. The largest absolute Gasteiger partial charge is 0.466 e. The minimum atomic E-state index is -1.85. The van der Waals surface area contributed by atoms with Gasteiger partial charge in [-0.05, 0) is 24.5 Å². The van der Waals surface area contributed by atoms with Gasteiger partial charge >= 0.3 is 11.9 Å². The first kappa shape index (κ1) is 25.3. The van der Waals surface area contributed by atoms with Crippen molar-refractivity contribution < 1.29 is 33.4 Å². The lowest BCUT2D eigenvalue weighted by atomic mass is 9.68. The first-order valence-electron chi connectivity index (χ1n) is 13.2. The molecule has 3 saturated heterocycles. The van der Waals surface area contributed by atoms with E-state index < -0.39 is 47.2 Å². The number of ketones is 1. The Morgan fingerprint density at radius 1 is 1.05 bits per heavy atom. The number of ether oxygens (including phenoxy) is 3. The zero-order valence-corrected chi connectivity index (χ0v) is 22.1. The maximum absolute atomic E-state index is 14.7. The molecule has 0 N–H and O–H groups in total. The highest BCUT2D eigenvalue weighted by Gasteiger charge is 2.84. The van der Waals surface area contributed by atoms with Gasteiger partial charge < -0.3 is 19.1 Å². The number of hydrogen-bond donors (Lipinski definition) is 0. The number of rotatable bonds is 6. The summed E-state index contributed by atoms with van der Waals surface area (Å²) in [5.74, 6) is -5.36. The van der Waals surface area contributed by atoms with E-state index in [0.717, 1.165) is 5.56 Å². The molecule has 4 aliphatic heterocycles. The van der Waals surface area contributed by atoms with Crippen LogP contribution in [0.15, 0.2) is 71.9 Å². The number of carbonyl (C=O) groups is 4. The summed E-state index contributed by atoms with van der Waals surface area (Å²) in [7, 11) is 1.29. The van der Waals surface area contributed by atoms with Crippen LogP contribution >= 0.6 is 0 Å². The second-order valence-electron chi connectivity index (χ2n) is 10.4. The van der Waals surface area contributed by atoms with Crippen LogP contribution in [-0.2, 0) is 39.9 Å². The lowest BCUT2D eigenvalue weighted by Gasteiger charge is -2.56. The minimum Gasteiger partial charge on any atom is -0.466 e. The van der Waals surface area contributed by atoms with E-state index in [4.69, 9.17) is 14.2 Å². The number of nitrogens with zero attached hydrogens (tertiary/aromatic N) is 2. The highest BCUT2D eigenvalue weighted by atomic mass is 16.6. The maximum Gasteiger partial charge on any atom is 0.337 e. The van der Waals surface area contributed by atoms with E-state index in [0.29, 0.717) is 17.7 Å². The van der Waals surface area contributed by atoms with Gasteiger partial charge in [0, 0.05) is 24.6 Å². The Morgan fingerprint density at radius 2 is 1.72 bits per heavy atom. The van der Waals surface area contributed by atoms with Gasteiger partial charge in [-0.15, -0.1) is 0 Å². The van der Waals surface area contributed by atoms with Crippen molar-refractivity contribution in [3.05, 3.63) is 83.1 Å². The summed E-state index contributed by atoms with van der Waals surface area (Å²) in [6.07, 6.45) is 0.379. The van der Waals surface area contributed by atoms with Crippen LogP contribution < -0.4 is 0 Å². The van der Waals surface area contributed by atoms with Gasteiger partial charge in [-0.3, -0.25) is 19.3 Å². The molecule has 0 aromatic heterocycles. The van der Waals surface area contributed by atoms with E-state index in [-0.39, 0.29) is 30.9 Å². The molecule has 3 unspecified atom stereocenters. The maximum atomic E-state index is 14.7. The number of methoxy groups -OCH3 is 1. The van der Waals surface area contributed by atoms with Gasteiger partial charge in [0.1, 0.15) is 5.92 Å². The molecule has 4 aliphatic rings. The fourth-order valence-electron chi connectivity index (χ4n) is 6.99. The quantitative estimate of drug-likeness (QED) is 0.415. The summed E-state index contributed by atoms with van der Waals surface area (Å²) in [6.45, 7) is 3.78. The molecule has 9 nitrogen and oxygen atoms in total. The highest BCUT2D eigenvalue weighted by molar-refractivity contribution is 6.14. The monoisotopic (exact) mass is 530 g/mol. The number of carbonyl (C=O) groups excluding carboxylic acids is 4. The topological polar surface area (TPSA) is 102 Å². The average molecular weight is 531 g/mol. The molecule has 2 aromatic carbocycles. The van der Waals surface area contributed by atoms with Gasteiger partial charge in [0.2, 0.25) is 11.4 Å². The van der Waals surface area contributed by atoms with E-state index in [2.05, 4.69) is 0 Å². The fraction of sp³-hybridized carbons (Fsp3) is 0.400. The number of piperidine rings is 1. The van der Waals surface area contributed by atoms with Crippen LogP contribution in [0.4, 0.5) is 0 Å². The predicted octanol–water partition coefficient (Wildman–Crippen LogP) is 3.11. The van der Waals surface area contributed by atoms with Gasteiger partial charge in [0.05, 0.1) is 25.3 Å². The van der Waals surface area contributed by atoms with Crippen molar-refractivity contribution in [3.8, 4) is 0 Å². The van der Waals surface area contributed by atoms with Gasteiger partial charge in [-0.25, -0.2) is 4.79 Å². The van der Waals surface area contributed by atoms with E-state index in [1.807, 2.05) is 60.7 Å². The standard InChI is InChI=1S/C30H30N2O7/c1-4-22(33)29-21-15-16-38-27(35)24(21)30(39-29)31(17-19-11-7-5-8-12-19)18(2)23(26(34)37-3)25(32(30)28(29)36)20-13-9-6-10-14-20/h5-14,21,24-25H,4,15-17H2,1-3H3/t21?,24?,25?,29-,30+/m1/s1. The lowest BCUT2D eigenvalue weighted by molar-refractivity contribution is -0.232. The first-order chi connectivity index (χ1) is 18.8. The summed E-state index contributed by atoms with van der Waals surface area (Å²) < 4.78 is 17.6. The number of Topliss-reactive ketones (excluding diaryl/α,β-unsaturated/α-hetero) is 1. The van der Waals surface area contributed by atoms with Crippen LogP contribution in [0.3, 0.4) is 0 Å². The highest BCUT2D eigenvalue weighted by Crippen LogP contribution is 2.65. The van der Waals surface area contributed by atoms with Crippen LogP contribution in [0.2, 0.25) is 0 Å². The molecular weight excluding hydrogens is 500 g/mol. The molecule has 1 spiro atoms. The number of benzene rings is 2. The second kappa shape index (κ2) is 9.05. The van der Waals surface area contributed by atoms with Gasteiger partial charge in [-0.1, -0.05) is 67.6 Å². The van der Waals surface area contributed by atoms with Crippen molar-refractivity contribution >= 4 is 23.6 Å². The molecule has 3 fully saturated rings. The van der Waals surface area contributed by atoms with Crippen LogP contribution in [0.1, 0.15) is 43.9 Å². The summed E-state index contributed by atoms with van der Waals surface area (Å²) in [5, 5.41) is 0. The Kier molecular flexibility index (Phi) is 5.87. The van der Waals surface area contributed by atoms with Gasteiger partial charge in [-0.2, -0.15) is 0 Å². The summed E-state index contributed by atoms with van der Waals surface area (Å²) in [4.78, 5) is 58.6. The number of fused-ring (bicyclic) bond motifs is 3. The Bertz CT molecular complexity index is 1390. The molecule has 0 radical (unpaired) electrons. The van der Waals surface area contributed by atoms with Crippen LogP contribution in [-0.4, -0.2) is 58.6 Å². The SMILES string of the molecule is CCC(=O)[C@]12O[C@@]3(C4C(=O)OCCC41)N(Cc1ccccc1)C(C)=C(C(=O)OC)C(c1ccccc1)N3C2=O. The van der Waals surface area contributed by atoms with E-state index in [1.54, 1.807) is 18.7 Å². The molecule has 6 rings (SSSR count). The van der Waals surface area contributed by atoms with Crippen molar-refractivity contribution in [2.24, 2.45) is 11.8 Å². The zero-order valence-electron chi connectivity index (χ0n) is 22.1. The van der Waals surface area contributed by atoms with Crippen LogP contribution in [0, 0.1) is 11.8 Å². The zero-order chi connectivity index (χ0) is 27.5. The Labute approximate surface area is 226 Å². The Balaban J connectivity index is 1.68. The molecule has 1 amide bonds. The number of cyclic esters (lactones) is 1. The van der Waals surface area contributed by atoms with E-state index in [1.165, 1.54) is 12.0 Å². The van der Waals surface area contributed by atoms with Gasteiger partial charge in [0.25, 0.3) is 5.91 Å². The third kappa shape index (κ3) is 3.22. The molecule has 5 atom stereocenters. The molecule has 202 valence electrons. The minimum absolute atomic E-state index is 0.0545. The summed E-state index contributed by atoms with van der Waals surface area (Å²) >= 11 is 0. The molecule has 2 bridgehead atoms. The molecular formula is C30H30N2O7. The number of allylic oxidation sites excluding steroid dienone is 1. The lowest BCUT2D eigenvalue weighted by Crippen LogP contribution is -2.71. The summed E-state index contributed by atoms with van der Waals surface area (Å²) in [6, 6.07) is 17.6. The third-order valence-corrected chi connectivity index (χ3v) is 8.60. The molecule has 39 heavy (non-hydrogen) atoms. The van der Waals surface area contributed by atoms with Crippen molar-refractivity contribution in [1.82, 2.24) is 9.80 Å². The predicted molar refractivity (Wildman–Crippen MR) is 137 cm³/mol. The second-order valence-corrected chi connectivity index (χ2v) is 10.4. The smallest absolute Gasteiger partial charge is 0.337 e. The molecule has 4 heterocycles. The normalized spacial score (nSPS) is 31.1. The van der Waals surface area contributed by atoms with Crippen molar-refractivity contribution in [1.29, 1.82) is 0 Å². The Hall–Kier alpha value is -3.98. The first-order valence-corrected chi connectivity index (χ1v) is 13.2. The van der Waals surface area contributed by atoms with Crippen LogP contribution in [0.5, 0.6) is 0 Å². The van der Waals surface area contributed by atoms with Crippen molar-refractivity contribution in [2.45, 2.75) is 50.7 Å². The fourth-order valence-corrected chi connectivity index (χ4v) is 6.99. The molecule has 0 aliphatic carbocycles. The number of esters is 2. The number of hydrogen-bond acceptors (Lipinski definition) is 8. The van der Waals surface area contributed by atoms with Gasteiger partial charge in [0.15, 0.2) is 5.78 Å². The molecule has 9 heteroatoms. The molecule has 0 saturated carbocycles. The Morgan fingerprint density at radius 3 is 2.36 bits per heavy atom. The van der Waals surface area contributed by atoms with E-state index in [9.17, 15) is 19.2 Å². The van der Waals surface area contributed by atoms with Crippen molar-refractivity contribution in [2.75, 3.05) is 13.7 Å². The number of amides is 1. The average Bonchev–Trinajstić information content (AvgIpc) is 3.42. The third-order valence-electron chi connectivity index (χ3n) is 8.60. The van der Waals surface area contributed by atoms with Crippen LogP contribution in [0.25, 0.3) is 0 Å². The van der Waals surface area contributed by atoms with E-state index >= 15 is 0 Å². The summed E-state index contributed by atoms with van der Waals surface area (Å²) in [5.41, 5.74) is 0.404.